The first-order chi connectivity index (χ1) is 9.07. The number of rotatable bonds is 6. The van der Waals surface area contributed by atoms with Crippen LogP contribution in [-0.2, 0) is 16.4 Å². The van der Waals surface area contributed by atoms with E-state index in [-0.39, 0.29) is 17.5 Å². The van der Waals surface area contributed by atoms with Crippen molar-refractivity contribution >= 4 is 9.84 Å². The molecule has 1 aromatic carbocycles. The summed E-state index contributed by atoms with van der Waals surface area (Å²) < 4.78 is 22.6. The molecule has 1 aromatic rings. The summed E-state index contributed by atoms with van der Waals surface area (Å²) in [6.07, 6.45) is -0.779. The summed E-state index contributed by atoms with van der Waals surface area (Å²) >= 11 is 0. The van der Waals surface area contributed by atoms with Crippen LogP contribution in [0.15, 0.2) is 30.3 Å². The molecule has 2 rings (SSSR count). The van der Waals surface area contributed by atoms with Crippen LogP contribution in [0.5, 0.6) is 0 Å². The first-order valence-electron chi connectivity index (χ1n) is 6.43. The maximum atomic E-state index is 11.3. The van der Waals surface area contributed by atoms with Crippen molar-refractivity contribution in [2.45, 2.75) is 18.7 Å². The summed E-state index contributed by atoms with van der Waals surface area (Å²) in [6.45, 7) is 2.16. The van der Waals surface area contributed by atoms with Gasteiger partial charge in [0.05, 0.1) is 17.6 Å². The molecule has 1 aliphatic rings. The van der Waals surface area contributed by atoms with E-state index in [0.29, 0.717) is 6.54 Å². The molecule has 0 aliphatic carbocycles. The minimum absolute atomic E-state index is 0.0346. The van der Waals surface area contributed by atoms with E-state index >= 15 is 0 Å². The van der Waals surface area contributed by atoms with Crippen molar-refractivity contribution in [2.75, 3.05) is 24.6 Å². The zero-order valence-electron chi connectivity index (χ0n) is 10.7. The molecular formula is C13H20N2O3S. The van der Waals surface area contributed by atoms with Crippen LogP contribution in [0.4, 0.5) is 0 Å². The highest BCUT2D eigenvalue weighted by Gasteiger charge is 2.35. The van der Waals surface area contributed by atoms with Gasteiger partial charge in [0.2, 0.25) is 0 Å². The lowest BCUT2D eigenvalue weighted by Crippen LogP contribution is -2.42. The van der Waals surface area contributed by atoms with Crippen molar-refractivity contribution in [3.8, 4) is 0 Å². The molecule has 6 heteroatoms. The van der Waals surface area contributed by atoms with Crippen molar-refractivity contribution in [2.24, 2.45) is 0 Å². The Kier molecular flexibility index (Phi) is 4.93. The molecule has 1 fully saturated rings. The van der Waals surface area contributed by atoms with Crippen molar-refractivity contribution in [1.82, 2.24) is 10.6 Å². The summed E-state index contributed by atoms with van der Waals surface area (Å²) in [4.78, 5) is 0. The van der Waals surface area contributed by atoms with Gasteiger partial charge in [-0.05, 0) is 5.56 Å². The Hall–Kier alpha value is -0.950. The molecule has 106 valence electrons. The van der Waals surface area contributed by atoms with Crippen LogP contribution in [0.25, 0.3) is 0 Å². The summed E-state index contributed by atoms with van der Waals surface area (Å²) in [5.41, 5.74) is 1.21. The lowest BCUT2D eigenvalue weighted by atomic mass is 10.2. The topological polar surface area (TPSA) is 78.4 Å². The summed E-state index contributed by atoms with van der Waals surface area (Å²) in [6, 6.07) is 9.74. The number of sulfone groups is 1. The lowest BCUT2D eigenvalue weighted by Gasteiger charge is -2.15. The zero-order chi connectivity index (χ0) is 13.7. The highest BCUT2D eigenvalue weighted by molar-refractivity contribution is 7.91. The van der Waals surface area contributed by atoms with Gasteiger partial charge in [0.1, 0.15) is 0 Å². The Morgan fingerprint density at radius 3 is 2.53 bits per heavy atom. The van der Waals surface area contributed by atoms with Gasteiger partial charge in [0.15, 0.2) is 9.84 Å². The van der Waals surface area contributed by atoms with Gasteiger partial charge in [-0.15, -0.1) is 0 Å². The second-order valence-corrected chi connectivity index (χ2v) is 7.02. The highest BCUT2D eigenvalue weighted by Crippen LogP contribution is 2.11. The van der Waals surface area contributed by atoms with Crippen molar-refractivity contribution in [3.05, 3.63) is 35.9 Å². The van der Waals surface area contributed by atoms with Crippen LogP contribution in [0.3, 0.4) is 0 Å². The van der Waals surface area contributed by atoms with E-state index < -0.39 is 15.9 Å². The standard InChI is InChI=1S/C13H20N2O3S/c16-13-10-19(17,18)9-12(13)15-7-6-14-8-11-4-2-1-3-5-11/h1-5,12-16H,6-10H2/t12-,13-/m1/s1. The van der Waals surface area contributed by atoms with Crippen molar-refractivity contribution in [3.63, 3.8) is 0 Å². The fourth-order valence-electron chi connectivity index (χ4n) is 2.20. The van der Waals surface area contributed by atoms with Crippen LogP contribution in [-0.4, -0.2) is 50.3 Å². The van der Waals surface area contributed by atoms with E-state index in [2.05, 4.69) is 10.6 Å². The molecular weight excluding hydrogens is 264 g/mol. The smallest absolute Gasteiger partial charge is 0.154 e. The Bertz CT molecular complexity index is 490. The molecule has 0 bridgehead atoms. The first-order valence-corrected chi connectivity index (χ1v) is 8.25. The van der Waals surface area contributed by atoms with Crippen molar-refractivity contribution in [1.29, 1.82) is 0 Å². The zero-order valence-corrected chi connectivity index (χ0v) is 11.6. The fraction of sp³-hybridized carbons (Fsp3) is 0.538. The van der Waals surface area contributed by atoms with E-state index in [0.717, 1.165) is 13.1 Å². The molecule has 0 saturated carbocycles. The molecule has 0 unspecified atom stereocenters. The minimum Gasteiger partial charge on any atom is -0.390 e. The average molecular weight is 284 g/mol. The van der Waals surface area contributed by atoms with Crippen LogP contribution in [0.1, 0.15) is 5.56 Å². The molecule has 1 heterocycles. The van der Waals surface area contributed by atoms with Gasteiger partial charge < -0.3 is 15.7 Å². The van der Waals surface area contributed by atoms with Gasteiger partial charge in [0, 0.05) is 25.7 Å². The molecule has 2 atom stereocenters. The molecule has 3 N–H and O–H groups in total. The summed E-state index contributed by atoms with van der Waals surface area (Å²) in [5.74, 6) is -0.0883. The molecule has 1 aliphatic heterocycles. The molecule has 0 radical (unpaired) electrons. The number of nitrogens with one attached hydrogen (secondary N) is 2. The molecule has 0 spiro atoms. The third kappa shape index (κ3) is 4.58. The predicted octanol–water partition coefficient (Wildman–Crippen LogP) is -0.476. The lowest BCUT2D eigenvalue weighted by molar-refractivity contribution is 0.166. The van der Waals surface area contributed by atoms with Gasteiger partial charge in [-0.25, -0.2) is 8.42 Å². The molecule has 0 aromatic heterocycles. The first kappa shape index (κ1) is 14.5. The van der Waals surface area contributed by atoms with Crippen LogP contribution >= 0.6 is 0 Å². The Morgan fingerprint density at radius 2 is 1.89 bits per heavy atom. The van der Waals surface area contributed by atoms with Gasteiger partial charge in [-0.3, -0.25) is 0 Å². The fourth-order valence-corrected chi connectivity index (χ4v) is 3.97. The maximum absolute atomic E-state index is 11.3. The van der Waals surface area contributed by atoms with E-state index in [1.54, 1.807) is 0 Å². The molecule has 0 amide bonds. The Labute approximate surface area is 113 Å². The second kappa shape index (κ2) is 6.47. The molecule has 5 nitrogen and oxygen atoms in total. The molecule has 19 heavy (non-hydrogen) atoms. The predicted molar refractivity (Wildman–Crippen MR) is 74.6 cm³/mol. The number of benzene rings is 1. The van der Waals surface area contributed by atoms with Crippen LogP contribution < -0.4 is 10.6 Å². The highest BCUT2D eigenvalue weighted by atomic mass is 32.2. The van der Waals surface area contributed by atoms with E-state index in [4.69, 9.17) is 0 Å². The number of aliphatic hydroxyl groups excluding tert-OH is 1. The minimum atomic E-state index is -3.06. The van der Waals surface area contributed by atoms with Crippen molar-refractivity contribution < 1.29 is 13.5 Å². The van der Waals surface area contributed by atoms with Gasteiger partial charge in [0.25, 0.3) is 0 Å². The Balaban J connectivity index is 1.63. The SMILES string of the molecule is O=S1(=O)C[C@@H](O)[C@H](NCCNCc2ccccc2)C1. The van der Waals surface area contributed by atoms with Gasteiger partial charge in [-0.1, -0.05) is 30.3 Å². The van der Waals surface area contributed by atoms with E-state index in [1.807, 2.05) is 30.3 Å². The number of hydrogen-bond donors (Lipinski definition) is 3. The third-order valence-corrected chi connectivity index (χ3v) is 4.92. The van der Waals surface area contributed by atoms with Gasteiger partial charge in [-0.2, -0.15) is 0 Å². The summed E-state index contributed by atoms with van der Waals surface area (Å²) in [7, 11) is -3.06. The normalized spacial score (nSPS) is 25.5. The average Bonchev–Trinajstić information content (AvgIpc) is 2.63. The third-order valence-electron chi connectivity index (χ3n) is 3.20. The van der Waals surface area contributed by atoms with E-state index in [1.165, 1.54) is 5.56 Å². The van der Waals surface area contributed by atoms with Gasteiger partial charge >= 0.3 is 0 Å². The monoisotopic (exact) mass is 284 g/mol. The summed E-state index contributed by atoms with van der Waals surface area (Å²) in [5, 5.41) is 15.9. The van der Waals surface area contributed by atoms with E-state index in [9.17, 15) is 13.5 Å². The second-order valence-electron chi connectivity index (χ2n) is 4.87. The van der Waals surface area contributed by atoms with Crippen LogP contribution in [0, 0.1) is 0 Å². The maximum Gasteiger partial charge on any atom is 0.154 e. The number of hydrogen-bond acceptors (Lipinski definition) is 5. The Morgan fingerprint density at radius 1 is 1.16 bits per heavy atom. The quantitative estimate of drug-likeness (QED) is 0.615. The number of aliphatic hydroxyl groups is 1. The van der Waals surface area contributed by atoms with Crippen LogP contribution in [0.2, 0.25) is 0 Å². The molecule has 1 saturated heterocycles. The largest absolute Gasteiger partial charge is 0.390 e.